The lowest BCUT2D eigenvalue weighted by Gasteiger charge is -2.21. The Morgan fingerprint density at radius 1 is 1.17 bits per heavy atom. The first kappa shape index (κ1) is 17.6. The summed E-state index contributed by atoms with van der Waals surface area (Å²) in [6.45, 7) is -1.36. The van der Waals surface area contributed by atoms with Crippen molar-refractivity contribution in [2.45, 2.75) is 50.9 Å². The molecule has 18 heavy (non-hydrogen) atoms. The van der Waals surface area contributed by atoms with E-state index in [1.165, 1.54) is 6.42 Å². The van der Waals surface area contributed by atoms with Gasteiger partial charge in [-0.1, -0.05) is 32.1 Å². The van der Waals surface area contributed by atoms with Crippen LogP contribution in [0.3, 0.4) is 0 Å². The molecule has 1 amide bonds. The van der Waals surface area contributed by atoms with Gasteiger partial charge in [-0.3, -0.25) is 4.79 Å². The molecule has 0 heterocycles. The molecule has 1 saturated carbocycles. The fourth-order valence-electron chi connectivity index (χ4n) is 2.15. The van der Waals surface area contributed by atoms with Gasteiger partial charge in [-0.05, 0) is 12.8 Å². The lowest BCUT2D eigenvalue weighted by molar-refractivity contribution is -0.127. The second-order valence-corrected chi connectivity index (χ2v) is 4.82. The Hall–Kier alpha value is -0.420. The largest absolute Gasteiger partial charge is 0.350 e. The number of amides is 1. The van der Waals surface area contributed by atoms with Crippen molar-refractivity contribution in [2.24, 2.45) is 11.7 Å². The van der Waals surface area contributed by atoms with E-state index in [0.717, 1.165) is 38.5 Å². The zero-order chi connectivity index (χ0) is 12.7. The van der Waals surface area contributed by atoms with Crippen LogP contribution in [0.4, 0.5) is 8.78 Å². The van der Waals surface area contributed by atoms with Gasteiger partial charge in [0.05, 0.1) is 13.1 Å². The van der Waals surface area contributed by atoms with Gasteiger partial charge in [0.15, 0.2) is 0 Å². The number of hydrogen-bond acceptors (Lipinski definition) is 2. The molecular weight excluding hydrogens is 262 g/mol. The predicted octanol–water partition coefficient (Wildman–Crippen LogP) is 2.48. The summed E-state index contributed by atoms with van der Waals surface area (Å²) in [5.41, 5.74) is 4.92. The van der Waals surface area contributed by atoms with Gasteiger partial charge in [-0.25, -0.2) is 8.78 Å². The highest BCUT2D eigenvalue weighted by atomic mass is 35.5. The summed E-state index contributed by atoms with van der Waals surface area (Å²) in [6, 6.07) is 0. The molecule has 6 heteroatoms. The van der Waals surface area contributed by atoms with Crippen molar-refractivity contribution in [2.75, 3.05) is 13.1 Å². The first-order valence-corrected chi connectivity index (χ1v) is 6.41. The lowest BCUT2D eigenvalue weighted by atomic mass is 9.90. The Labute approximate surface area is 113 Å². The molecule has 0 aromatic heterocycles. The molecule has 3 N–H and O–H groups in total. The topological polar surface area (TPSA) is 55.1 Å². The molecular formula is C12H23ClF2N2O. The second kappa shape index (κ2) is 8.64. The number of carbonyl (C=O) groups excluding carboxylic acids is 1. The number of halogens is 3. The van der Waals surface area contributed by atoms with Gasteiger partial charge in [-0.2, -0.15) is 0 Å². The van der Waals surface area contributed by atoms with E-state index < -0.39 is 19.0 Å². The van der Waals surface area contributed by atoms with Crippen LogP contribution in [0.2, 0.25) is 0 Å². The minimum absolute atomic E-state index is 0. The van der Waals surface area contributed by atoms with Gasteiger partial charge >= 0.3 is 0 Å². The number of nitrogens with two attached hydrogens (primary N) is 1. The molecule has 0 radical (unpaired) electrons. The van der Waals surface area contributed by atoms with E-state index in [2.05, 4.69) is 5.32 Å². The zero-order valence-corrected chi connectivity index (χ0v) is 11.4. The molecule has 3 nitrogen and oxygen atoms in total. The van der Waals surface area contributed by atoms with Crippen LogP contribution in [0.15, 0.2) is 0 Å². The molecule has 0 atom stereocenters. The predicted molar refractivity (Wildman–Crippen MR) is 70.1 cm³/mol. The Kier molecular flexibility index (Phi) is 8.44. The molecule has 1 aliphatic carbocycles. The quantitative estimate of drug-likeness (QED) is 0.833. The number of nitrogens with one attached hydrogen (secondary N) is 1. The van der Waals surface area contributed by atoms with Crippen molar-refractivity contribution in [3.8, 4) is 0 Å². The first-order chi connectivity index (χ1) is 8.05. The van der Waals surface area contributed by atoms with E-state index in [9.17, 15) is 13.6 Å². The van der Waals surface area contributed by atoms with Crippen LogP contribution < -0.4 is 11.1 Å². The van der Waals surface area contributed by atoms with E-state index in [-0.39, 0.29) is 24.2 Å². The van der Waals surface area contributed by atoms with Crippen LogP contribution in [0.25, 0.3) is 0 Å². The summed E-state index contributed by atoms with van der Waals surface area (Å²) in [6.07, 6.45) is 7.18. The third-order valence-electron chi connectivity index (χ3n) is 3.30. The molecule has 0 aromatic carbocycles. The monoisotopic (exact) mass is 284 g/mol. The van der Waals surface area contributed by atoms with Crippen LogP contribution in [-0.4, -0.2) is 24.9 Å². The lowest BCUT2D eigenvalue weighted by Crippen LogP contribution is -2.43. The normalized spacial score (nSPS) is 18.4. The standard InChI is InChI=1S/C12H22F2N2O.ClH/c13-12(14,8-15)9-16-11(17)10-6-4-2-1-3-5-7-10;/h10H,1-9,15H2,(H,16,17);1H. The summed E-state index contributed by atoms with van der Waals surface area (Å²) < 4.78 is 25.8. The summed E-state index contributed by atoms with van der Waals surface area (Å²) in [4.78, 5) is 11.7. The molecule has 0 aromatic rings. The van der Waals surface area contributed by atoms with Crippen molar-refractivity contribution >= 4 is 18.3 Å². The summed E-state index contributed by atoms with van der Waals surface area (Å²) in [5.74, 6) is -3.32. The molecule has 1 rings (SSSR count). The van der Waals surface area contributed by atoms with Crippen LogP contribution >= 0.6 is 12.4 Å². The Morgan fingerprint density at radius 3 is 2.17 bits per heavy atom. The second-order valence-electron chi connectivity index (χ2n) is 4.82. The smallest absolute Gasteiger partial charge is 0.277 e. The van der Waals surface area contributed by atoms with Crippen LogP contribution in [0, 0.1) is 5.92 Å². The van der Waals surface area contributed by atoms with E-state index in [1.54, 1.807) is 0 Å². The zero-order valence-electron chi connectivity index (χ0n) is 10.6. The Balaban J connectivity index is 0.00000289. The van der Waals surface area contributed by atoms with Crippen molar-refractivity contribution in [1.29, 1.82) is 0 Å². The molecule has 0 spiro atoms. The number of hydrogen-bond donors (Lipinski definition) is 2. The van der Waals surface area contributed by atoms with Gasteiger partial charge < -0.3 is 11.1 Å². The summed E-state index contributed by atoms with van der Waals surface area (Å²) in [7, 11) is 0. The fourth-order valence-corrected chi connectivity index (χ4v) is 2.15. The highest BCUT2D eigenvalue weighted by Crippen LogP contribution is 2.22. The molecule has 1 aliphatic rings. The first-order valence-electron chi connectivity index (χ1n) is 6.41. The third kappa shape index (κ3) is 6.50. The van der Waals surface area contributed by atoms with E-state index >= 15 is 0 Å². The van der Waals surface area contributed by atoms with E-state index in [1.807, 2.05) is 0 Å². The number of rotatable bonds is 4. The molecule has 0 unspecified atom stereocenters. The van der Waals surface area contributed by atoms with Crippen LogP contribution in [0.1, 0.15) is 44.9 Å². The SMILES string of the molecule is Cl.NCC(F)(F)CNC(=O)C1CCCCCCC1. The maximum atomic E-state index is 12.9. The fraction of sp³-hybridized carbons (Fsp3) is 0.917. The highest BCUT2D eigenvalue weighted by Gasteiger charge is 2.28. The van der Waals surface area contributed by atoms with Gasteiger partial charge in [-0.15, -0.1) is 12.4 Å². The van der Waals surface area contributed by atoms with Gasteiger partial charge in [0.2, 0.25) is 5.91 Å². The van der Waals surface area contributed by atoms with Crippen molar-refractivity contribution in [1.82, 2.24) is 5.32 Å². The van der Waals surface area contributed by atoms with Gasteiger partial charge in [0, 0.05) is 5.92 Å². The molecule has 108 valence electrons. The minimum atomic E-state index is -2.99. The van der Waals surface area contributed by atoms with Crippen molar-refractivity contribution in [3.05, 3.63) is 0 Å². The van der Waals surface area contributed by atoms with Crippen LogP contribution in [-0.2, 0) is 4.79 Å². The van der Waals surface area contributed by atoms with Crippen molar-refractivity contribution < 1.29 is 13.6 Å². The Morgan fingerprint density at radius 2 is 1.67 bits per heavy atom. The molecule has 0 saturated heterocycles. The van der Waals surface area contributed by atoms with E-state index in [4.69, 9.17) is 5.73 Å². The molecule has 1 fully saturated rings. The Bertz CT molecular complexity index is 244. The maximum Gasteiger partial charge on any atom is 0.277 e. The maximum absolute atomic E-state index is 12.9. The van der Waals surface area contributed by atoms with Crippen molar-refractivity contribution in [3.63, 3.8) is 0 Å². The third-order valence-corrected chi connectivity index (χ3v) is 3.30. The summed E-state index contributed by atoms with van der Waals surface area (Å²) in [5, 5.41) is 2.32. The van der Waals surface area contributed by atoms with Gasteiger partial charge in [0.1, 0.15) is 0 Å². The van der Waals surface area contributed by atoms with Gasteiger partial charge in [0.25, 0.3) is 5.92 Å². The van der Waals surface area contributed by atoms with Crippen LogP contribution in [0.5, 0.6) is 0 Å². The molecule has 0 aliphatic heterocycles. The summed E-state index contributed by atoms with van der Waals surface area (Å²) >= 11 is 0. The molecule has 0 bridgehead atoms. The minimum Gasteiger partial charge on any atom is -0.350 e. The van der Waals surface area contributed by atoms with E-state index in [0.29, 0.717) is 0 Å². The average Bonchev–Trinajstić information content (AvgIpc) is 2.26. The highest BCUT2D eigenvalue weighted by molar-refractivity contribution is 5.85. The number of alkyl halides is 2. The number of carbonyl (C=O) groups is 1. The average molecular weight is 285 g/mol.